The van der Waals surface area contributed by atoms with E-state index in [1.165, 1.54) is 0 Å². The average molecular weight is 508 g/mol. The van der Waals surface area contributed by atoms with Crippen LogP contribution in [0.5, 0.6) is 0 Å². The van der Waals surface area contributed by atoms with Gasteiger partial charge in [-0.15, -0.1) is 0 Å². The number of hydrogen-bond acceptors (Lipinski definition) is 1. The van der Waals surface area contributed by atoms with Crippen LogP contribution >= 0.6 is 23.2 Å². The molecule has 0 saturated carbocycles. The minimum absolute atomic E-state index is 0.383. The van der Waals surface area contributed by atoms with Gasteiger partial charge < -0.3 is 5.32 Å². The van der Waals surface area contributed by atoms with Crippen molar-refractivity contribution in [3.05, 3.63) is 28.2 Å². The number of hydrogen-bond donors (Lipinski definition) is 1. The van der Waals surface area contributed by atoms with E-state index in [0.717, 1.165) is 17.4 Å². The molecule has 2 nitrogen and oxygen atoms in total. The Labute approximate surface area is 166 Å². The minimum Gasteiger partial charge on any atom is -0.319 e. The van der Waals surface area contributed by atoms with Gasteiger partial charge in [0.25, 0.3) is 0 Å². The van der Waals surface area contributed by atoms with E-state index in [0.29, 0.717) is 6.07 Å². The quantitative estimate of drug-likeness (QED) is 0.428. The van der Waals surface area contributed by atoms with Gasteiger partial charge in [0.05, 0.1) is 10.7 Å². The molecule has 0 aromatic heterocycles. The van der Waals surface area contributed by atoms with Crippen molar-refractivity contribution in [2.75, 3.05) is 5.32 Å². The Bertz CT molecular complexity index is 822. The summed E-state index contributed by atoms with van der Waals surface area (Å²) in [5, 5.41) is -0.268. The van der Waals surface area contributed by atoms with Crippen LogP contribution in [0.25, 0.3) is 0 Å². The highest BCUT2D eigenvalue weighted by Crippen LogP contribution is 2.60. The molecule has 172 valence electrons. The molecule has 0 unspecified atom stereocenters. The summed E-state index contributed by atoms with van der Waals surface area (Å²) in [6.07, 6.45) is -7.54. The predicted molar refractivity (Wildman–Crippen MR) is 75.9 cm³/mol. The third-order valence-corrected chi connectivity index (χ3v) is 3.96. The average Bonchev–Trinajstić information content (AvgIpc) is 2.56. The second-order valence-electron chi connectivity index (χ2n) is 5.45. The van der Waals surface area contributed by atoms with Crippen molar-refractivity contribution in [3.8, 4) is 0 Å². The summed E-state index contributed by atoms with van der Waals surface area (Å²) in [5.74, 6) is -42.2. The highest BCUT2D eigenvalue weighted by Gasteiger charge is 2.91. The third-order valence-electron chi connectivity index (χ3n) is 3.40. The molecule has 0 heterocycles. The Balaban J connectivity index is 3.44. The summed E-state index contributed by atoms with van der Waals surface area (Å²) in [6.45, 7) is 0. The van der Waals surface area contributed by atoms with Gasteiger partial charge in [-0.3, -0.25) is 4.79 Å². The Kier molecular flexibility index (Phi) is 6.60. The normalized spacial score (nSPS) is 14.6. The fraction of sp³-hybridized carbons (Fsp3) is 0.462. The smallest absolute Gasteiger partial charge is 0.319 e. The van der Waals surface area contributed by atoms with Crippen LogP contribution in [-0.2, 0) is 4.79 Å². The van der Waals surface area contributed by atoms with Gasteiger partial charge >= 0.3 is 41.7 Å². The predicted octanol–water partition coefficient (Wildman–Crippen LogP) is 6.67. The van der Waals surface area contributed by atoms with Crippen molar-refractivity contribution < 1.29 is 61.9 Å². The maximum Gasteiger partial charge on any atom is 0.460 e. The van der Waals surface area contributed by atoms with E-state index in [2.05, 4.69) is 0 Å². The number of nitrogens with one attached hydrogen (secondary N) is 1. The Morgan fingerprint density at radius 1 is 0.700 bits per heavy atom. The summed E-state index contributed by atoms with van der Waals surface area (Å²) in [5.41, 5.74) is -1.03. The molecule has 0 saturated heterocycles. The van der Waals surface area contributed by atoms with Crippen LogP contribution in [0, 0.1) is 0 Å². The second-order valence-corrected chi connectivity index (χ2v) is 6.29. The lowest BCUT2D eigenvalue weighted by Gasteiger charge is -2.39. The van der Waals surface area contributed by atoms with Crippen molar-refractivity contribution in [2.24, 2.45) is 0 Å². The van der Waals surface area contributed by atoms with Crippen LogP contribution in [0.1, 0.15) is 0 Å². The maximum atomic E-state index is 13.6. The highest BCUT2D eigenvalue weighted by atomic mass is 35.5. The molecule has 1 aromatic rings. The number of amides is 1. The molecule has 0 aliphatic rings. The zero-order valence-corrected chi connectivity index (χ0v) is 14.8. The Morgan fingerprint density at radius 2 is 1.13 bits per heavy atom. The topological polar surface area (TPSA) is 29.1 Å². The number of carbonyl (C=O) groups excluding carboxylic acids is 1. The van der Waals surface area contributed by atoms with Gasteiger partial charge in [-0.1, -0.05) is 23.2 Å². The number of alkyl halides is 13. The van der Waals surface area contributed by atoms with Crippen molar-refractivity contribution in [2.45, 2.75) is 35.8 Å². The molecule has 0 aliphatic heterocycles. The van der Waals surface area contributed by atoms with Crippen molar-refractivity contribution in [3.63, 3.8) is 0 Å². The van der Waals surface area contributed by atoms with E-state index < -0.39 is 52.4 Å². The monoisotopic (exact) mass is 507 g/mol. The molecule has 0 spiro atoms. The standard InChI is InChI=1S/C13H4Cl2F13NO/c14-4-1-2-5(15)6(3-4)29-7(30)8(16,17)9(18,19)10(20,21)11(22,23)12(24,25)13(26,27)28/h1-3H,(H,29,30). The van der Waals surface area contributed by atoms with Gasteiger partial charge in [0.15, 0.2) is 0 Å². The van der Waals surface area contributed by atoms with E-state index in [1.54, 1.807) is 0 Å². The van der Waals surface area contributed by atoms with Crippen LogP contribution in [0.2, 0.25) is 10.0 Å². The molecule has 0 atom stereocenters. The lowest BCUT2D eigenvalue weighted by molar-refractivity contribution is -0.435. The molecular weight excluding hydrogens is 504 g/mol. The molecule has 17 heteroatoms. The minimum atomic E-state index is -8.10. The fourth-order valence-electron chi connectivity index (χ4n) is 1.71. The molecule has 1 amide bonds. The van der Waals surface area contributed by atoms with E-state index in [-0.39, 0.29) is 5.02 Å². The first-order valence-corrected chi connectivity index (χ1v) is 7.53. The fourth-order valence-corrected chi connectivity index (χ4v) is 2.04. The largest absolute Gasteiger partial charge is 0.460 e. The molecule has 0 radical (unpaired) electrons. The van der Waals surface area contributed by atoms with Gasteiger partial charge in [-0.05, 0) is 18.2 Å². The van der Waals surface area contributed by atoms with Gasteiger partial charge in [0, 0.05) is 5.02 Å². The van der Waals surface area contributed by atoms with Gasteiger partial charge in [0.1, 0.15) is 0 Å². The number of anilines is 1. The lowest BCUT2D eigenvalue weighted by atomic mass is 9.93. The summed E-state index contributed by atoms with van der Waals surface area (Å²) in [4.78, 5) is 11.3. The van der Waals surface area contributed by atoms with E-state index in [9.17, 15) is 61.9 Å². The maximum absolute atomic E-state index is 13.6. The first kappa shape index (κ1) is 26.4. The lowest BCUT2D eigenvalue weighted by Crippen LogP contribution is -2.71. The molecule has 1 N–H and O–H groups in total. The summed E-state index contributed by atoms with van der Waals surface area (Å²) < 4.78 is 169. The molecule has 0 bridgehead atoms. The van der Waals surface area contributed by atoms with Crippen LogP contribution in [0.15, 0.2) is 18.2 Å². The zero-order chi connectivity index (χ0) is 24.1. The first-order valence-electron chi connectivity index (χ1n) is 6.78. The Hall–Kier alpha value is -1.64. The van der Waals surface area contributed by atoms with Crippen molar-refractivity contribution in [1.82, 2.24) is 0 Å². The number of halogens is 15. The van der Waals surface area contributed by atoms with Crippen LogP contribution in [0.3, 0.4) is 0 Å². The Morgan fingerprint density at radius 3 is 1.57 bits per heavy atom. The number of benzene rings is 1. The van der Waals surface area contributed by atoms with Crippen LogP contribution in [-0.4, -0.2) is 41.7 Å². The van der Waals surface area contributed by atoms with Crippen molar-refractivity contribution >= 4 is 34.8 Å². The highest BCUT2D eigenvalue weighted by molar-refractivity contribution is 6.35. The van der Waals surface area contributed by atoms with E-state index >= 15 is 0 Å². The molecule has 1 aromatic carbocycles. The summed E-state index contributed by atoms with van der Waals surface area (Å²) in [7, 11) is 0. The SMILES string of the molecule is O=C(Nc1cc(Cl)ccc1Cl)C(F)(F)C(F)(F)C(F)(F)C(F)(F)C(F)(F)C(F)(F)F. The van der Waals surface area contributed by atoms with Crippen LogP contribution < -0.4 is 5.32 Å². The van der Waals surface area contributed by atoms with E-state index in [4.69, 9.17) is 23.2 Å². The van der Waals surface area contributed by atoms with E-state index in [1.807, 2.05) is 0 Å². The molecule has 1 rings (SSSR count). The first-order chi connectivity index (χ1) is 13.1. The number of carbonyl (C=O) groups is 1. The summed E-state index contributed by atoms with van der Waals surface area (Å²) in [6, 6.07) is 2.27. The van der Waals surface area contributed by atoms with Gasteiger partial charge in [-0.2, -0.15) is 57.1 Å². The van der Waals surface area contributed by atoms with Gasteiger partial charge in [-0.25, -0.2) is 0 Å². The number of rotatable bonds is 6. The van der Waals surface area contributed by atoms with Gasteiger partial charge in [0.2, 0.25) is 0 Å². The zero-order valence-electron chi connectivity index (χ0n) is 13.3. The summed E-state index contributed by atoms with van der Waals surface area (Å²) >= 11 is 10.8. The molecular formula is C13H4Cl2F13NO. The molecule has 30 heavy (non-hydrogen) atoms. The molecule has 0 aliphatic carbocycles. The third kappa shape index (κ3) is 3.85. The molecule has 0 fully saturated rings. The van der Waals surface area contributed by atoms with Crippen molar-refractivity contribution in [1.29, 1.82) is 0 Å². The second kappa shape index (κ2) is 7.50. The van der Waals surface area contributed by atoms with Crippen LogP contribution in [0.4, 0.5) is 62.8 Å².